The van der Waals surface area contributed by atoms with Gasteiger partial charge >= 0.3 is 0 Å². The Bertz CT molecular complexity index is 1210. The number of benzene rings is 3. The number of rotatable bonds is 10. The molecule has 1 N–H and O–H groups in total. The van der Waals surface area contributed by atoms with Crippen molar-refractivity contribution in [3.8, 4) is 11.5 Å². The molecule has 0 saturated heterocycles. The number of halogens is 1. The zero-order valence-electron chi connectivity index (χ0n) is 22.1. The summed E-state index contributed by atoms with van der Waals surface area (Å²) in [6.07, 6.45) is 0.375. The fourth-order valence-electron chi connectivity index (χ4n) is 3.99. The molecule has 196 valence electrons. The van der Waals surface area contributed by atoms with Crippen molar-refractivity contribution in [2.45, 2.75) is 45.2 Å². The van der Waals surface area contributed by atoms with Gasteiger partial charge in [0.25, 0.3) is 5.91 Å². The summed E-state index contributed by atoms with van der Waals surface area (Å²) in [6.45, 7) is 6.44. The highest BCUT2D eigenvalue weighted by Gasteiger charge is 2.30. The number of likely N-dealkylation sites (N-methyl/N-ethyl adjacent to an activating group) is 1. The van der Waals surface area contributed by atoms with E-state index in [1.165, 1.54) is 0 Å². The van der Waals surface area contributed by atoms with Crippen molar-refractivity contribution in [1.82, 2.24) is 10.2 Å². The fraction of sp³-hybridized carbons (Fsp3) is 0.333. The van der Waals surface area contributed by atoms with Crippen LogP contribution in [-0.2, 0) is 28.0 Å². The normalized spacial score (nSPS) is 11.9. The Hall–Kier alpha value is -3.32. The van der Waals surface area contributed by atoms with Crippen molar-refractivity contribution in [3.05, 3.63) is 94.0 Å². The summed E-state index contributed by atoms with van der Waals surface area (Å²) in [5.74, 6) is 0.723. The fourth-order valence-corrected chi connectivity index (χ4v) is 4.49. The lowest BCUT2D eigenvalue weighted by molar-refractivity contribution is -0.142. The summed E-state index contributed by atoms with van der Waals surface area (Å²) < 4.78 is 12.1. The van der Waals surface area contributed by atoms with Crippen molar-refractivity contribution in [2.75, 3.05) is 20.8 Å². The maximum atomic E-state index is 13.6. The maximum Gasteiger partial charge on any atom is 0.261 e. The zero-order valence-corrected chi connectivity index (χ0v) is 23.7. The average molecular weight is 568 g/mol. The smallest absolute Gasteiger partial charge is 0.261 e. The Morgan fingerprint density at radius 1 is 0.973 bits per heavy atom. The van der Waals surface area contributed by atoms with Gasteiger partial charge in [-0.2, -0.15) is 0 Å². The van der Waals surface area contributed by atoms with Crippen molar-refractivity contribution < 1.29 is 19.1 Å². The average Bonchev–Trinajstić information content (AvgIpc) is 2.89. The molecule has 0 radical (unpaired) electrons. The number of carbonyl (C=O) groups excluding carboxylic acids is 2. The van der Waals surface area contributed by atoms with Crippen LogP contribution in [0.5, 0.6) is 11.5 Å². The Morgan fingerprint density at radius 2 is 1.68 bits per heavy atom. The van der Waals surface area contributed by atoms with Crippen molar-refractivity contribution in [2.24, 2.45) is 0 Å². The van der Waals surface area contributed by atoms with Gasteiger partial charge in [0.05, 0.1) is 11.6 Å². The topological polar surface area (TPSA) is 67.9 Å². The number of nitrogens with one attached hydrogen (secondary N) is 1. The van der Waals surface area contributed by atoms with Gasteiger partial charge in [-0.15, -0.1) is 0 Å². The Balaban J connectivity index is 1.89. The Labute approximate surface area is 228 Å². The van der Waals surface area contributed by atoms with Crippen LogP contribution in [0.1, 0.15) is 37.5 Å². The van der Waals surface area contributed by atoms with Crippen LogP contribution in [-0.4, -0.2) is 43.5 Å². The summed E-state index contributed by atoms with van der Waals surface area (Å²) in [7, 11) is 3.18. The molecule has 0 aliphatic rings. The van der Waals surface area contributed by atoms with Crippen molar-refractivity contribution >= 4 is 27.7 Å². The molecule has 3 aromatic rings. The minimum atomic E-state index is -0.721. The second kappa shape index (κ2) is 12.8. The summed E-state index contributed by atoms with van der Waals surface area (Å²) in [5.41, 5.74) is 2.95. The van der Waals surface area contributed by atoms with E-state index in [4.69, 9.17) is 9.47 Å². The van der Waals surface area contributed by atoms with Crippen LogP contribution in [0.2, 0.25) is 0 Å². The summed E-state index contributed by atoms with van der Waals surface area (Å²) in [4.78, 5) is 28.3. The van der Waals surface area contributed by atoms with E-state index in [9.17, 15) is 9.59 Å². The highest BCUT2D eigenvalue weighted by atomic mass is 79.9. The first-order valence-corrected chi connectivity index (χ1v) is 13.0. The van der Waals surface area contributed by atoms with Crippen LogP contribution < -0.4 is 14.8 Å². The van der Waals surface area contributed by atoms with E-state index < -0.39 is 6.04 Å². The molecule has 2 amide bonds. The molecule has 37 heavy (non-hydrogen) atoms. The molecule has 3 rings (SSSR count). The standard InChI is InChI=1S/C30H35BrN2O4/c1-30(2,3)23-14-15-27(25(31)18-23)37-20-28(34)33(19-22-12-9-13-24(16-22)36-5)26(29(35)32-4)17-21-10-7-6-8-11-21/h6-16,18,26H,17,19-20H2,1-5H3,(H,32,35)/t26-/m1/s1. The molecule has 0 fully saturated rings. The molecule has 1 atom stereocenters. The second-order valence-corrected chi connectivity index (χ2v) is 10.7. The van der Waals surface area contributed by atoms with E-state index in [0.29, 0.717) is 17.9 Å². The zero-order chi connectivity index (χ0) is 27.0. The van der Waals surface area contributed by atoms with E-state index in [0.717, 1.165) is 21.2 Å². The molecule has 0 bridgehead atoms. The lowest BCUT2D eigenvalue weighted by Crippen LogP contribution is -2.51. The van der Waals surface area contributed by atoms with Gasteiger partial charge in [-0.05, 0) is 62.3 Å². The van der Waals surface area contributed by atoms with E-state index in [1.54, 1.807) is 19.1 Å². The second-order valence-electron chi connectivity index (χ2n) is 9.88. The van der Waals surface area contributed by atoms with E-state index in [1.807, 2.05) is 72.8 Å². The number of hydrogen-bond acceptors (Lipinski definition) is 4. The highest BCUT2D eigenvalue weighted by Crippen LogP contribution is 2.31. The largest absolute Gasteiger partial charge is 0.497 e. The maximum absolute atomic E-state index is 13.6. The van der Waals surface area contributed by atoms with E-state index >= 15 is 0 Å². The highest BCUT2D eigenvalue weighted by molar-refractivity contribution is 9.10. The lowest BCUT2D eigenvalue weighted by Gasteiger charge is -2.31. The number of amides is 2. The quantitative estimate of drug-likeness (QED) is 0.351. The van der Waals surface area contributed by atoms with Crippen LogP contribution in [0.3, 0.4) is 0 Å². The molecule has 3 aromatic carbocycles. The van der Waals surface area contributed by atoms with Crippen LogP contribution in [0.25, 0.3) is 0 Å². The molecule has 0 spiro atoms. The minimum Gasteiger partial charge on any atom is -0.497 e. The van der Waals surface area contributed by atoms with E-state index in [2.05, 4.69) is 42.0 Å². The Morgan fingerprint density at radius 3 is 2.30 bits per heavy atom. The summed E-state index contributed by atoms with van der Waals surface area (Å²) >= 11 is 3.58. The first kappa shape index (κ1) is 28.3. The molecular weight excluding hydrogens is 532 g/mol. The molecule has 0 unspecified atom stereocenters. The molecule has 7 heteroatoms. The third-order valence-corrected chi connectivity index (χ3v) is 6.77. The van der Waals surface area contributed by atoms with Crippen LogP contribution in [0.15, 0.2) is 77.3 Å². The van der Waals surface area contributed by atoms with Crippen molar-refractivity contribution in [1.29, 1.82) is 0 Å². The lowest BCUT2D eigenvalue weighted by atomic mass is 9.87. The minimum absolute atomic E-state index is 0.0113. The molecular formula is C30H35BrN2O4. The third-order valence-electron chi connectivity index (χ3n) is 6.15. The van der Waals surface area contributed by atoms with Gasteiger partial charge < -0.3 is 19.7 Å². The predicted molar refractivity (Wildman–Crippen MR) is 150 cm³/mol. The first-order valence-electron chi connectivity index (χ1n) is 12.2. The van der Waals surface area contributed by atoms with Crippen LogP contribution >= 0.6 is 15.9 Å². The van der Waals surface area contributed by atoms with Crippen molar-refractivity contribution in [3.63, 3.8) is 0 Å². The first-order chi connectivity index (χ1) is 17.6. The predicted octanol–water partition coefficient (Wildman–Crippen LogP) is 5.52. The molecule has 0 aliphatic heterocycles. The summed E-state index contributed by atoms with van der Waals surface area (Å²) in [6, 6.07) is 22.3. The van der Waals surface area contributed by atoms with Gasteiger partial charge in [0, 0.05) is 20.0 Å². The van der Waals surface area contributed by atoms with Gasteiger partial charge in [0.15, 0.2) is 6.61 Å². The summed E-state index contributed by atoms with van der Waals surface area (Å²) in [5, 5.41) is 2.73. The van der Waals surface area contributed by atoms with Gasteiger partial charge in [0.2, 0.25) is 5.91 Å². The van der Waals surface area contributed by atoms with Gasteiger partial charge in [-0.25, -0.2) is 0 Å². The number of methoxy groups -OCH3 is 1. The molecule has 0 aliphatic carbocycles. The number of ether oxygens (including phenoxy) is 2. The number of nitrogens with zero attached hydrogens (tertiary/aromatic N) is 1. The molecule has 6 nitrogen and oxygen atoms in total. The molecule has 0 aromatic heterocycles. The SMILES string of the molecule is CNC(=O)[C@@H](Cc1ccccc1)N(Cc1cccc(OC)c1)C(=O)COc1ccc(C(C)(C)C)cc1Br. The van der Waals surface area contributed by atoms with Gasteiger partial charge in [-0.3, -0.25) is 9.59 Å². The Kier molecular flexibility index (Phi) is 9.75. The van der Waals surface area contributed by atoms with E-state index in [-0.39, 0.29) is 30.4 Å². The monoisotopic (exact) mass is 566 g/mol. The van der Waals surface area contributed by atoms with Crippen LogP contribution in [0.4, 0.5) is 0 Å². The third kappa shape index (κ3) is 7.83. The van der Waals surface area contributed by atoms with Gasteiger partial charge in [-0.1, -0.05) is 69.3 Å². The van der Waals surface area contributed by atoms with Crippen LogP contribution in [0, 0.1) is 0 Å². The number of carbonyl (C=O) groups is 2. The number of hydrogen-bond donors (Lipinski definition) is 1. The van der Waals surface area contributed by atoms with Gasteiger partial charge in [0.1, 0.15) is 17.5 Å². The molecule has 0 heterocycles. The molecule has 0 saturated carbocycles.